The fourth-order valence-electron chi connectivity index (χ4n) is 1.85. The summed E-state index contributed by atoms with van der Waals surface area (Å²) >= 11 is 1.77. The molecule has 2 aromatic rings. The molecule has 0 aliphatic carbocycles. The van der Waals surface area contributed by atoms with Gasteiger partial charge in [-0.05, 0) is 37.1 Å². The molecule has 0 spiro atoms. The van der Waals surface area contributed by atoms with Gasteiger partial charge in [0.05, 0.1) is 11.4 Å². The predicted molar refractivity (Wildman–Crippen MR) is 83.8 cm³/mol. The van der Waals surface area contributed by atoms with Gasteiger partial charge in [0, 0.05) is 17.5 Å². The third-order valence-electron chi connectivity index (χ3n) is 2.86. The number of benzene rings is 1. The van der Waals surface area contributed by atoms with Gasteiger partial charge in [-0.25, -0.2) is 0 Å². The largest absolute Gasteiger partial charge is 0.360 e. The van der Waals surface area contributed by atoms with Gasteiger partial charge in [-0.15, -0.1) is 11.8 Å². The van der Waals surface area contributed by atoms with Crippen LogP contribution in [0.5, 0.6) is 0 Å². The maximum atomic E-state index is 5.20. The van der Waals surface area contributed by atoms with E-state index in [0.29, 0.717) is 5.92 Å². The summed E-state index contributed by atoms with van der Waals surface area (Å²) in [7, 11) is 0. The van der Waals surface area contributed by atoms with E-state index in [1.807, 2.05) is 13.0 Å². The number of rotatable bonds is 7. The maximum absolute atomic E-state index is 5.20. The number of nitrogens with zero attached hydrogens (tertiary/aromatic N) is 1. The minimum absolute atomic E-state index is 0.690. The minimum Gasteiger partial charge on any atom is -0.360 e. The van der Waals surface area contributed by atoms with Crippen molar-refractivity contribution in [2.75, 3.05) is 6.54 Å². The molecule has 4 heteroatoms. The van der Waals surface area contributed by atoms with Crippen LogP contribution in [0.4, 0.5) is 0 Å². The Hall–Kier alpha value is -1.26. The molecule has 0 bridgehead atoms. The first-order chi connectivity index (χ1) is 9.63. The molecular formula is C16H22N2OS. The van der Waals surface area contributed by atoms with Gasteiger partial charge in [-0.2, -0.15) is 0 Å². The van der Waals surface area contributed by atoms with Crippen LogP contribution in [0.3, 0.4) is 0 Å². The molecule has 0 saturated carbocycles. The number of aryl methyl sites for hydroxylation is 1. The van der Waals surface area contributed by atoms with Crippen molar-refractivity contribution in [2.24, 2.45) is 5.92 Å². The Balaban J connectivity index is 1.79. The quantitative estimate of drug-likeness (QED) is 0.782. The van der Waals surface area contributed by atoms with Gasteiger partial charge in [0.25, 0.3) is 0 Å². The smallest absolute Gasteiger partial charge is 0.147 e. The lowest BCUT2D eigenvalue weighted by Gasteiger charge is -2.08. The Labute approximate surface area is 125 Å². The lowest BCUT2D eigenvalue weighted by atomic mass is 10.2. The SMILES string of the molecule is Cc1cc(CSc2ccc(CNCC(C)C)cc2)on1. The van der Waals surface area contributed by atoms with E-state index in [2.05, 4.69) is 48.6 Å². The molecule has 0 amide bonds. The summed E-state index contributed by atoms with van der Waals surface area (Å²) in [4.78, 5) is 1.26. The minimum atomic E-state index is 0.690. The zero-order chi connectivity index (χ0) is 14.4. The zero-order valence-electron chi connectivity index (χ0n) is 12.3. The van der Waals surface area contributed by atoms with Gasteiger partial charge in [0.1, 0.15) is 5.76 Å². The highest BCUT2D eigenvalue weighted by Crippen LogP contribution is 2.23. The highest BCUT2D eigenvalue weighted by Gasteiger charge is 2.02. The number of hydrogen-bond acceptors (Lipinski definition) is 4. The molecule has 20 heavy (non-hydrogen) atoms. The lowest BCUT2D eigenvalue weighted by molar-refractivity contribution is 0.391. The Morgan fingerprint density at radius 3 is 2.60 bits per heavy atom. The van der Waals surface area contributed by atoms with Crippen LogP contribution >= 0.6 is 11.8 Å². The standard InChI is InChI=1S/C16H22N2OS/c1-12(2)9-17-10-14-4-6-16(7-5-14)20-11-15-8-13(3)18-19-15/h4-8,12,17H,9-11H2,1-3H3. The molecule has 1 heterocycles. The van der Waals surface area contributed by atoms with Crippen LogP contribution in [0, 0.1) is 12.8 Å². The number of aromatic nitrogens is 1. The van der Waals surface area contributed by atoms with E-state index >= 15 is 0 Å². The van der Waals surface area contributed by atoms with Crippen LogP contribution in [-0.2, 0) is 12.3 Å². The Morgan fingerprint density at radius 2 is 2.00 bits per heavy atom. The van der Waals surface area contributed by atoms with Crippen LogP contribution in [0.15, 0.2) is 39.8 Å². The van der Waals surface area contributed by atoms with Crippen molar-refractivity contribution >= 4 is 11.8 Å². The van der Waals surface area contributed by atoms with E-state index in [4.69, 9.17) is 4.52 Å². The highest BCUT2D eigenvalue weighted by molar-refractivity contribution is 7.98. The molecule has 1 aromatic heterocycles. The van der Waals surface area contributed by atoms with Gasteiger partial charge in [0.15, 0.2) is 0 Å². The monoisotopic (exact) mass is 290 g/mol. The molecule has 0 atom stereocenters. The van der Waals surface area contributed by atoms with E-state index in [0.717, 1.165) is 30.3 Å². The van der Waals surface area contributed by atoms with Crippen LogP contribution in [0.1, 0.15) is 30.9 Å². The van der Waals surface area contributed by atoms with Crippen molar-refractivity contribution in [3.8, 4) is 0 Å². The first-order valence-electron chi connectivity index (χ1n) is 6.98. The Bertz CT molecular complexity index is 520. The fourth-order valence-corrected chi connectivity index (χ4v) is 2.62. The molecule has 108 valence electrons. The zero-order valence-corrected chi connectivity index (χ0v) is 13.2. The van der Waals surface area contributed by atoms with Gasteiger partial charge in [-0.3, -0.25) is 0 Å². The van der Waals surface area contributed by atoms with Crippen molar-refractivity contribution in [3.05, 3.63) is 47.3 Å². The summed E-state index contributed by atoms with van der Waals surface area (Å²) in [6, 6.07) is 10.7. The number of thioether (sulfide) groups is 1. The van der Waals surface area contributed by atoms with Crippen molar-refractivity contribution < 1.29 is 4.52 Å². The summed E-state index contributed by atoms with van der Waals surface area (Å²) in [5.41, 5.74) is 2.26. The first-order valence-corrected chi connectivity index (χ1v) is 7.96. The van der Waals surface area contributed by atoms with E-state index < -0.39 is 0 Å². The van der Waals surface area contributed by atoms with Crippen molar-refractivity contribution in [3.63, 3.8) is 0 Å². The van der Waals surface area contributed by atoms with Gasteiger partial charge < -0.3 is 9.84 Å². The molecular weight excluding hydrogens is 268 g/mol. The highest BCUT2D eigenvalue weighted by atomic mass is 32.2. The van der Waals surface area contributed by atoms with Crippen molar-refractivity contribution in [1.29, 1.82) is 0 Å². The normalized spacial score (nSPS) is 11.2. The van der Waals surface area contributed by atoms with Crippen LogP contribution in [0.2, 0.25) is 0 Å². The number of nitrogens with one attached hydrogen (secondary N) is 1. The summed E-state index contributed by atoms with van der Waals surface area (Å²) < 4.78 is 5.20. The van der Waals surface area contributed by atoms with Gasteiger partial charge >= 0.3 is 0 Å². The van der Waals surface area contributed by atoms with E-state index in [9.17, 15) is 0 Å². The van der Waals surface area contributed by atoms with Crippen LogP contribution < -0.4 is 5.32 Å². The van der Waals surface area contributed by atoms with Crippen molar-refractivity contribution in [1.82, 2.24) is 10.5 Å². The Kier molecular flexibility index (Phi) is 5.68. The summed E-state index contributed by atoms with van der Waals surface area (Å²) in [6.07, 6.45) is 0. The van der Waals surface area contributed by atoms with Gasteiger partial charge in [-0.1, -0.05) is 31.1 Å². The van der Waals surface area contributed by atoms with E-state index in [1.54, 1.807) is 11.8 Å². The summed E-state index contributed by atoms with van der Waals surface area (Å²) in [5.74, 6) is 2.44. The van der Waals surface area contributed by atoms with E-state index in [1.165, 1.54) is 10.5 Å². The third kappa shape index (κ3) is 5.02. The average Bonchev–Trinajstić information content (AvgIpc) is 2.83. The molecule has 0 fully saturated rings. The molecule has 1 aromatic carbocycles. The fraction of sp³-hybridized carbons (Fsp3) is 0.438. The molecule has 1 N–H and O–H groups in total. The van der Waals surface area contributed by atoms with Gasteiger partial charge in [0.2, 0.25) is 0 Å². The molecule has 0 saturated heterocycles. The third-order valence-corrected chi connectivity index (χ3v) is 3.90. The second kappa shape index (κ2) is 7.50. The average molecular weight is 290 g/mol. The van der Waals surface area contributed by atoms with Crippen LogP contribution in [0.25, 0.3) is 0 Å². The Morgan fingerprint density at radius 1 is 1.25 bits per heavy atom. The summed E-state index contributed by atoms with van der Waals surface area (Å²) in [6.45, 7) is 8.37. The summed E-state index contributed by atoms with van der Waals surface area (Å²) in [5, 5.41) is 7.35. The second-order valence-corrected chi connectivity index (χ2v) is 6.44. The molecule has 0 radical (unpaired) electrons. The molecule has 0 unspecified atom stereocenters. The molecule has 0 aliphatic rings. The topological polar surface area (TPSA) is 38.1 Å². The molecule has 2 rings (SSSR count). The molecule has 0 aliphatic heterocycles. The lowest BCUT2D eigenvalue weighted by Crippen LogP contribution is -2.18. The first kappa shape index (κ1) is 15.1. The second-order valence-electron chi connectivity index (χ2n) is 5.39. The predicted octanol–water partition coefficient (Wildman–Crippen LogP) is 4.02. The maximum Gasteiger partial charge on any atom is 0.147 e. The van der Waals surface area contributed by atoms with E-state index in [-0.39, 0.29) is 0 Å². The molecule has 3 nitrogen and oxygen atoms in total. The number of hydrogen-bond donors (Lipinski definition) is 1. The van der Waals surface area contributed by atoms with Crippen LogP contribution in [-0.4, -0.2) is 11.7 Å². The van der Waals surface area contributed by atoms with Crippen molar-refractivity contribution in [2.45, 2.75) is 38.0 Å².